The minimum Gasteiger partial charge on any atom is -0.397 e. The monoisotopic (exact) mass is 294 g/mol. The number of hydrogen-bond donors (Lipinski definition) is 2. The first kappa shape index (κ1) is 15.7. The van der Waals surface area contributed by atoms with Gasteiger partial charge in [0.1, 0.15) is 5.82 Å². The lowest BCUT2D eigenvalue weighted by molar-refractivity contribution is -0.117. The smallest absolute Gasteiger partial charge is 0.238 e. The molecule has 0 aromatic heterocycles. The van der Waals surface area contributed by atoms with Crippen LogP contribution in [0.2, 0.25) is 0 Å². The Morgan fingerprint density at radius 1 is 1.48 bits per heavy atom. The van der Waals surface area contributed by atoms with Gasteiger partial charge in [-0.05, 0) is 58.2 Å². The molecule has 21 heavy (non-hydrogen) atoms. The summed E-state index contributed by atoms with van der Waals surface area (Å²) in [6.07, 6.45) is 2.12. The van der Waals surface area contributed by atoms with Gasteiger partial charge in [0.25, 0.3) is 0 Å². The Hall–Kier alpha value is -1.66. The van der Waals surface area contributed by atoms with Crippen molar-refractivity contribution in [2.75, 3.05) is 44.8 Å². The summed E-state index contributed by atoms with van der Waals surface area (Å²) in [6.45, 7) is 2.38. The molecule has 116 valence electrons. The molecule has 6 heteroatoms. The second-order valence-electron chi connectivity index (χ2n) is 5.73. The molecule has 1 amide bonds. The van der Waals surface area contributed by atoms with Crippen LogP contribution in [0.3, 0.4) is 0 Å². The molecule has 1 heterocycles. The summed E-state index contributed by atoms with van der Waals surface area (Å²) in [7, 11) is 4.06. The number of nitrogen functional groups attached to an aromatic ring is 1. The number of carbonyl (C=O) groups excluding carboxylic acids is 1. The number of nitrogens with two attached hydrogens (primary N) is 1. The fourth-order valence-electron chi connectivity index (χ4n) is 2.62. The van der Waals surface area contributed by atoms with Crippen molar-refractivity contribution in [2.45, 2.75) is 18.9 Å². The standard InChI is InChI=1S/C15H23FN4O/c1-19-7-5-12(6-8-19)20(2)10-15(21)18-14-9-11(16)3-4-13(14)17/h3-4,9,12H,5-8,10,17H2,1-2H3,(H,18,21). The molecule has 0 atom stereocenters. The summed E-state index contributed by atoms with van der Waals surface area (Å²) in [5.74, 6) is -0.586. The van der Waals surface area contributed by atoms with Crippen LogP contribution in [0.15, 0.2) is 18.2 Å². The van der Waals surface area contributed by atoms with E-state index in [-0.39, 0.29) is 12.5 Å². The number of likely N-dealkylation sites (N-methyl/N-ethyl adjacent to an activating group) is 1. The molecule has 3 N–H and O–H groups in total. The molecule has 5 nitrogen and oxygen atoms in total. The molecule has 1 saturated heterocycles. The predicted molar refractivity (Wildman–Crippen MR) is 82.6 cm³/mol. The van der Waals surface area contributed by atoms with Gasteiger partial charge in [-0.2, -0.15) is 0 Å². The maximum Gasteiger partial charge on any atom is 0.238 e. The lowest BCUT2D eigenvalue weighted by atomic mass is 10.0. The molecule has 0 aliphatic carbocycles. The average molecular weight is 294 g/mol. The number of benzene rings is 1. The van der Waals surface area contributed by atoms with E-state index < -0.39 is 5.82 Å². The zero-order chi connectivity index (χ0) is 15.4. The molecule has 0 bridgehead atoms. The summed E-state index contributed by atoms with van der Waals surface area (Å²) in [6, 6.07) is 4.38. The lowest BCUT2D eigenvalue weighted by Crippen LogP contribution is -2.44. The number of nitrogens with zero attached hydrogens (tertiary/aromatic N) is 2. The SMILES string of the molecule is CN1CCC(N(C)CC(=O)Nc2cc(F)ccc2N)CC1. The first-order chi connectivity index (χ1) is 9.95. The Morgan fingerprint density at radius 2 is 2.14 bits per heavy atom. The number of hydrogen-bond acceptors (Lipinski definition) is 4. The molecule has 1 aromatic rings. The van der Waals surface area contributed by atoms with Gasteiger partial charge >= 0.3 is 0 Å². The van der Waals surface area contributed by atoms with E-state index in [1.165, 1.54) is 18.2 Å². The number of anilines is 2. The Labute approximate surface area is 124 Å². The predicted octanol–water partition coefficient (Wildman–Crippen LogP) is 1.37. The topological polar surface area (TPSA) is 61.6 Å². The number of nitrogens with one attached hydrogen (secondary N) is 1. The number of likely N-dealkylation sites (tertiary alicyclic amines) is 1. The van der Waals surface area contributed by atoms with Crippen LogP contribution in [0.5, 0.6) is 0 Å². The summed E-state index contributed by atoms with van der Waals surface area (Å²) >= 11 is 0. The highest BCUT2D eigenvalue weighted by molar-refractivity contribution is 5.95. The van der Waals surface area contributed by atoms with Crippen LogP contribution in [0.1, 0.15) is 12.8 Å². The van der Waals surface area contributed by atoms with Gasteiger partial charge < -0.3 is 16.0 Å². The minimum atomic E-state index is -0.414. The van der Waals surface area contributed by atoms with Crippen molar-refractivity contribution in [3.63, 3.8) is 0 Å². The molecule has 0 saturated carbocycles. The maximum atomic E-state index is 13.2. The third-order valence-corrected chi connectivity index (χ3v) is 3.99. The third-order valence-electron chi connectivity index (χ3n) is 3.99. The summed E-state index contributed by atoms with van der Waals surface area (Å²) in [4.78, 5) is 16.4. The summed E-state index contributed by atoms with van der Waals surface area (Å²) in [5, 5.41) is 2.67. The van der Waals surface area contributed by atoms with E-state index in [2.05, 4.69) is 22.2 Å². The Morgan fingerprint density at radius 3 is 2.81 bits per heavy atom. The molecular formula is C15H23FN4O. The Balaban J connectivity index is 1.88. The summed E-state index contributed by atoms with van der Waals surface area (Å²) < 4.78 is 13.2. The van der Waals surface area contributed by atoms with Gasteiger partial charge in [0, 0.05) is 6.04 Å². The van der Waals surface area contributed by atoms with Gasteiger partial charge in [0.2, 0.25) is 5.91 Å². The number of carbonyl (C=O) groups is 1. The van der Waals surface area contributed by atoms with Gasteiger partial charge in [-0.3, -0.25) is 9.69 Å². The van der Waals surface area contributed by atoms with Gasteiger partial charge in [-0.1, -0.05) is 0 Å². The molecule has 0 radical (unpaired) electrons. The number of piperidine rings is 1. The summed E-state index contributed by atoms with van der Waals surface area (Å²) in [5.41, 5.74) is 6.42. The van der Waals surface area contributed by atoms with Crippen LogP contribution in [0, 0.1) is 5.82 Å². The Kier molecular flexibility index (Phi) is 5.14. The van der Waals surface area contributed by atoms with Crippen molar-refractivity contribution in [1.82, 2.24) is 9.80 Å². The number of rotatable bonds is 4. The molecule has 1 fully saturated rings. The third kappa shape index (κ3) is 4.41. The van der Waals surface area contributed by atoms with Gasteiger partial charge in [-0.25, -0.2) is 4.39 Å². The van der Waals surface area contributed by atoms with E-state index in [0.29, 0.717) is 17.4 Å². The van der Waals surface area contributed by atoms with Crippen molar-refractivity contribution in [3.05, 3.63) is 24.0 Å². The minimum absolute atomic E-state index is 0.172. The van der Waals surface area contributed by atoms with Gasteiger partial charge in [0.05, 0.1) is 17.9 Å². The van der Waals surface area contributed by atoms with E-state index in [4.69, 9.17) is 5.73 Å². The average Bonchev–Trinajstić information content (AvgIpc) is 2.43. The normalized spacial score (nSPS) is 17.1. The van der Waals surface area contributed by atoms with Crippen molar-refractivity contribution >= 4 is 17.3 Å². The molecule has 0 unspecified atom stereocenters. The quantitative estimate of drug-likeness (QED) is 0.824. The van der Waals surface area contributed by atoms with Crippen LogP contribution in [-0.2, 0) is 4.79 Å². The van der Waals surface area contributed by atoms with Crippen molar-refractivity contribution < 1.29 is 9.18 Å². The van der Waals surface area contributed by atoms with E-state index in [0.717, 1.165) is 25.9 Å². The van der Waals surface area contributed by atoms with E-state index >= 15 is 0 Å². The fraction of sp³-hybridized carbons (Fsp3) is 0.533. The van der Waals surface area contributed by atoms with Crippen LogP contribution < -0.4 is 11.1 Å². The largest absolute Gasteiger partial charge is 0.397 e. The molecule has 1 aliphatic heterocycles. The molecule has 1 aromatic carbocycles. The first-order valence-electron chi connectivity index (χ1n) is 7.19. The van der Waals surface area contributed by atoms with Crippen LogP contribution in [0.25, 0.3) is 0 Å². The lowest BCUT2D eigenvalue weighted by Gasteiger charge is -2.34. The van der Waals surface area contributed by atoms with Crippen molar-refractivity contribution in [1.29, 1.82) is 0 Å². The highest BCUT2D eigenvalue weighted by Gasteiger charge is 2.22. The molecule has 2 rings (SSSR count). The van der Waals surface area contributed by atoms with E-state index in [9.17, 15) is 9.18 Å². The van der Waals surface area contributed by atoms with Crippen LogP contribution in [0.4, 0.5) is 15.8 Å². The zero-order valence-electron chi connectivity index (χ0n) is 12.6. The van der Waals surface area contributed by atoms with E-state index in [1.54, 1.807) is 0 Å². The van der Waals surface area contributed by atoms with Crippen LogP contribution >= 0.6 is 0 Å². The zero-order valence-corrected chi connectivity index (χ0v) is 12.6. The highest BCUT2D eigenvalue weighted by atomic mass is 19.1. The molecule has 1 aliphatic rings. The van der Waals surface area contributed by atoms with Gasteiger partial charge in [0.15, 0.2) is 0 Å². The van der Waals surface area contributed by atoms with Crippen molar-refractivity contribution in [3.8, 4) is 0 Å². The second-order valence-corrected chi connectivity index (χ2v) is 5.73. The molecular weight excluding hydrogens is 271 g/mol. The second kappa shape index (κ2) is 6.87. The maximum absolute atomic E-state index is 13.2. The number of amides is 1. The van der Waals surface area contributed by atoms with Crippen LogP contribution in [-0.4, -0.2) is 55.5 Å². The molecule has 0 spiro atoms. The number of halogens is 1. The van der Waals surface area contributed by atoms with E-state index in [1.807, 2.05) is 7.05 Å². The van der Waals surface area contributed by atoms with Crippen molar-refractivity contribution in [2.24, 2.45) is 0 Å². The highest BCUT2D eigenvalue weighted by Crippen LogP contribution is 2.19. The van der Waals surface area contributed by atoms with Gasteiger partial charge in [-0.15, -0.1) is 0 Å². The first-order valence-corrected chi connectivity index (χ1v) is 7.19. The Bertz CT molecular complexity index is 500. The fourth-order valence-corrected chi connectivity index (χ4v) is 2.62.